The highest BCUT2D eigenvalue weighted by Crippen LogP contribution is 2.19. The Kier molecular flexibility index (Phi) is 5.14. The molecule has 0 saturated carbocycles. The minimum Gasteiger partial charge on any atom is -0.494 e. The largest absolute Gasteiger partial charge is 0.494 e. The van der Waals surface area contributed by atoms with Crippen LogP contribution in [0.1, 0.15) is 17.6 Å². The Labute approximate surface area is 115 Å². The topological polar surface area (TPSA) is 66.6 Å². The molecule has 0 atom stereocenters. The van der Waals surface area contributed by atoms with E-state index in [0.717, 1.165) is 22.2 Å². The summed E-state index contributed by atoms with van der Waals surface area (Å²) in [5, 5.41) is 2.80. The molecule has 5 nitrogen and oxygen atoms in total. The molecule has 0 aliphatic rings. The fourth-order valence-electron chi connectivity index (χ4n) is 1.51. The van der Waals surface area contributed by atoms with Crippen LogP contribution in [0.2, 0.25) is 0 Å². The molecule has 0 amide bonds. The van der Waals surface area contributed by atoms with Gasteiger partial charge >= 0.3 is 0 Å². The summed E-state index contributed by atoms with van der Waals surface area (Å²) in [4.78, 5) is 8.86. The van der Waals surface area contributed by atoms with Crippen LogP contribution in [0.4, 0.5) is 0 Å². The first-order valence-electron chi connectivity index (χ1n) is 5.92. The molecular weight excluding hydrogens is 264 g/mol. The summed E-state index contributed by atoms with van der Waals surface area (Å²) in [6.07, 6.45) is 0. The second kappa shape index (κ2) is 7.08. The molecular formula is C13H16N2O3S. The van der Waals surface area contributed by atoms with Gasteiger partial charge in [0.15, 0.2) is 0 Å². The van der Waals surface area contributed by atoms with Crippen LogP contribution >= 0.6 is 11.3 Å². The maximum absolute atomic E-state index is 5.64. The molecule has 0 fully saturated rings. The number of ether oxygens (including phenoxy) is 2. The van der Waals surface area contributed by atoms with Crippen LogP contribution in [0.3, 0.4) is 0 Å². The minimum atomic E-state index is 0.319. The van der Waals surface area contributed by atoms with Gasteiger partial charge in [-0.2, -0.15) is 0 Å². The van der Waals surface area contributed by atoms with Gasteiger partial charge in [-0.1, -0.05) is 0 Å². The smallest absolute Gasteiger partial charge is 0.140 e. The van der Waals surface area contributed by atoms with Crippen LogP contribution in [-0.4, -0.2) is 11.6 Å². The van der Waals surface area contributed by atoms with Crippen LogP contribution < -0.4 is 15.4 Å². The Morgan fingerprint density at radius 2 is 1.79 bits per heavy atom. The van der Waals surface area contributed by atoms with Gasteiger partial charge in [0.05, 0.1) is 12.3 Å². The number of nitrogens with zero attached hydrogens (tertiary/aromatic N) is 1. The Balaban J connectivity index is 1.86. The van der Waals surface area contributed by atoms with Crippen molar-refractivity contribution >= 4 is 11.3 Å². The maximum atomic E-state index is 5.64. The molecule has 2 N–H and O–H groups in total. The fraction of sp³-hybridized carbons (Fsp3) is 0.308. The van der Waals surface area contributed by atoms with Crippen molar-refractivity contribution in [1.29, 1.82) is 0 Å². The summed E-state index contributed by atoms with van der Waals surface area (Å²) in [7, 11) is 0. The zero-order valence-corrected chi connectivity index (χ0v) is 11.5. The number of thiazole rings is 1. The van der Waals surface area contributed by atoms with Gasteiger partial charge in [-0.3, -0.25) is 4.84 Å². The molecule has 1 aromatic carbocycles. The number of benzene rings is 1. The molecule has 0 aliphatic heterocycles. The van der Waals surface area contributed by atoms with Crippen LogP contribution in [0.5, 0.6) is 11.5 Å². The highest BCUT2D eigenvalue weighted by atomic mass is 32.1. The third-order valence-electron chi connectivity index (χ3n) is 2.33. The molecule has 6 heteroatoms. The standard InChI is InChI=1S/C13H16N2O3S/c1-2-16-11-3-5-12(6-4-11)17-8-13-15-10(7-18-14)9-19-13/h3-6,9H,2,7-8,14H2,1H3. The third-order valence-corrected chi connectivity index (χ3v) is 3.20. The monoisotopic (exact) mass is 280 g/mol. The van der Waals surface area contributed by atoms with Gasteiger partial charge in [-0.25, -0.2) is 10.9 Å². The third kappa shape index (κ3) is 4.20. The first-order valence-corrected chi connectivity index (χ1v) is 6.80. The van der Waals surface area contributed by atoms with E-state index in [-0.39, 0.29) is 0 Å². The molecule has 2 aromatic rings. The number of aromatic nitrogens is 1. The van der Waals surface area contributed by atoms with Gasteiger partial charge in [0, 0.05) is 5.38 Å². The van der Waals surface area contributed by atoms with E-state index in [1.165, 1.54) is 11.3 Å². The van der Waals surface area contributed by atoms with Gasteiger partial charge < -0.3 is 9.47 Å². The van der Waals surface area contributed by atoms with E-state index in [1.54, 1.807) is 0 Å². The second-order valence-electron chi connectivity index (χ2n) is 3.74. The van der Waals surface area contributed by atoms with Gasteiger partial charge in [0.25, 0.3) is 0 Å². The van der Waals surface area contributed by atoms with E-state index in [0.29, 0.717) is 19.8 Å². The second-order valence-corrected chi connectivity index (χ2v) is 4.68. The Hall–Kier alpha value is -1.63. The van der Waals surface area contributed by atoms with Crippen molar-refractivity contribution in [3.05, 3.63) is 40.3 Å². The van der Waals surface area contributed by atoms with E-state index in [2.05, 4.69) is 9.82 Å². The van der Waals surface area contributed by atoms with Crippen LogP contribution in [0, 0.1) is 0 Å². The fourth-order valence-corrected chi connectivity index (χ4v) is 2.20. The number of rotatable bonds is 7. The average Bonchev–Trinajstić information content (AvgIpc) is 2.87. The normalized spacial score (nSPS) is 10.4. The number of hydrogen-bond acceptors (Lipinski definition) is 6. The lowest BCUT2D eigenvalue weighted by Gasteiger charge is -2.06. The first-order chi connectivity index (χ1) is 9.31. The van der Waals surface area contributed by atoms with Crippen molar-refractivity contribution in [2.45, 2.75) is 20.1 Å². The molecule has 0 spiro atoms. The molecule has 102 valence electrons. The van der Waals surface area contributed by atoms with Crippen molar-refractivity contribution in [2.24, 2.45) is 5.90 Å². The zero-order valence-electron chi connectivity index (χ0n) is 10.7. The average molecular weight is 280 g/mol. The number of hydrogen-bond donors (Lipinski definition) is 1. The molecule has 2 rings (SSSR count). The van der Waals surface area contributed by atoms with E-state index in [9.17, 15) is 0 Å². The van der Waals surface area contributed by atoms with Gasteiger partial charge in [0.2, 0.25) is 0 Å². The Bertz CT molecular complexity index is 499. The molecule has 1 heterocycles. The Morgan fingerprint density at radius 3 is 2.42 bits per heavy atom. The van der Waals surface area contributed by atoms with Crippen molar-refractivity contribution in [3.8, 4) is 11.5 Å². The molecule has 19 heavy (non-hydrogen) atoms. The van der Waals surface area contributed by atoms with Gasteiger partial charge in [-0.05, 0) is 31.2 Å². The van der Waals surface area contributed by atoms with Crippen molar-refractivity contribution in [1.82, 2.24) is 4.98 Å². The highest BCUT2D eigenvalue weighted by molar-refractivity contribution is 7.09. The molecule has 0 bridgehead atoms. The molecule has 0 radical (unpaired) electrons. The zero-order chi connectivity index (χ0) is 13.5. The van der Waals surface area contributed by atoms with Gasteiger partial charge in [0.1, 0.15) is 29.7 Å². The summed E-state index contributed by atoms with van der Waals surface area (Å²) >= 11 is 1.52. The first kappa shape index (κ1) is 13.8. The van der Waals surface area contributed by atoms with Crippen molar-refractivity contribution < 1.29 is 14.3 Å². The molecule has 0 saturated heterocycles. The summed E-state index contributed by atoms with van der Waals surface area (Å²) in [6, 6.07) is 7.52. The lowest BCUT2D eigenvalue weighted by Crippen LogP contribution is -2.00. The predicted molar refractivity (Wildman–Crippen MR) is 73.0 cm³/mol. The van der Waals surface area contributed by atoms with Crippen molar-refractivity contribution in [3.63, 3.8) is 0 Å². The van der Waals surface area contributed by atoms with E-state index in [1.807, 2.05) is 36.6 Å². The summed E-state index contributed by atoms with van der Waals surface area (Å²) in [5.41, 5.74) is 0.817. The summed E-state index contributed by atoms with van der Waals surface area (Å²) in [5.74, 6) is 6.62. The number of nitrogens with two attached hydrogens (primary N) is 1. The lowest BCUT2D eigenvalue weighted by molar-refractivity contribution is 0.121. The van der Waals surface area contributed by atoms with Crippen LogP contribution in [0.15, 0.2) is 29.6 Å². The Morgan fingerprint density at radius 1 is 1.11 bits per heavy atom. The van der Waals surface area contributed by atoms with Crippen LogP contribution in [-0.2, 0) is 18.1 Å². The van der Waals surface area contributed by atoms with E-state index < -0.39 is 0 Å². The summed E-state index contributed by atoms with van der Waals surface area (Å²) in [6.45, 7) is 3.36. The molecule has 0 unspecified atom stereocenters. The molecule has 1 aromatic heterocycles. The quantitative estimate of drug-likeness (QED) is 0.789. The SMILES string of the molecule is CCOc1ccc(OCc2nc(CON)cs2)cc1. The highest BCUT2D eigenvalue weighted by Gasteiger charge is 2.03. The van der Waals surface area contributed by atoms with E-state index >= 15 is 0 Å². The minimum absolute atomic E-state index is 0.319. The predicted octanol–water partition coefficient (Wildman–Crippen LogP) is 2.51. The van der Waals surface area contributed by atoms with Crippen molar-refractivity contribution in [2.75, 3.05) is 6.61 Å². The van der Waals surface area contributed by atoms with Gasteiger partial charge in [-0.15, -0.1) is 11.3 Å². The van der Waals surface area contributed by atoms with E-state index in [4.69, 9.17) is 15.4 Å². The lowest BCUT2D eigenvalue weighted by atomic mass is 10.3. The molecule has 0 aliphatic carbocycles. The van der Waals surface area contributed by atoms with Crippen LogP contribution in [0.25, 0.3) is 0 Å². The maximum Gasteiger partial charge on any atom is 0.140 e. The summed E-state index contributed by atoms with van der Waals surface area (Å²) < 4.78 is 11.0.